The van der Waals surface area contributed by atoms with Gasteiger partial charge in [-0.15, -0.1) is 0 Å². The molecule has 152 valence electrons. The Hall–Kier alpha value is -3.39. The van der Waals surface area contributed by atoms with Crippen molar-refractivity contribution in [3.05, 3.63) is 59.7 Å². The van der Waals surface area contributed by atoms with Crippen molar-refractivity contribution >= 4 is 18.0 Å². The Bertz CT molecular complexity index is 868. The number of aliphatic carboxylic acids is 1. The molecule has 29 heavy (non-hydrogen) atoms. The van der Waals surface area contributed by atoms with E-state index in [2.05, 4.69) is 10.6 Å². The van der Waals surface area contributed by atoms with Crippen LogP contribution in [0, 0.1) is 0 Å². The van der Waals surface area contributed by atoms with Crippen LogP contribution in [0.2, 0.25) is 0 Å². The summed E-state index contributed by atoms with van der Waals surface area (Å²) < 4.78 is 10.3. The SMILES string of the molecule is CNC(=O)COCC(NC(=O)OCC1c2ccccc2-c2ccccc21)C(=O)O. The number of carboxylic acids is 1. The average Bonchev–Trinajstić information content (AvgIpc) is 3.05. The Labute approximate surface area is 167 Å². The number of likely N-dealkylation sites (N-methyl/N-ethyl adjacent to an activating group) is 1. The first-order valence-corrected chi connectivity index (χ1v) is 9.14. The number of hydrogen-bond donors (Lipinski definition) is 3. The normalized spacial score (nSPS) is 13.1. The minimum Gasteiger partial charge on any atom is -0.480 e. The maximum absolute atomic E-state index is 12.2. The van der Waals surface area contributed by atoms with Crippen molar-refractivity contribution in [2.45, 2.75) is 12.0 Å². The van der Waals surface area contributed by atoms with Gasteiger partial charge in [-0.3, -0.25) is 4.79 Å². The maximum atomic E-state index is 12.2. The molecule has 1 aliphatic carbocycles. The highest BCUT2D eigenvalue weighted by molar-refractivity contribution is 5.81. The van der Waals surface area contributed by atoms with Gasteiger partial charge in [-0.1, -0.05) is 48.5 Å². The van der Waals surface area contributed by atoms with Gasteiger partial charge < -0.3 is 25.2 Å². The molecule has 0 aliphatic heterocycles. The first kappa shape index (κ1) is 20.3. The lowest BCUT2D eigenvalue weighted by atomic mass is 9.98. The van der Waals surface area contributed by atoms with Crippen LogP contribution in [0.4, 0.5) is 4.79 Å². The number of benzene rings is 2. The van der Waals surface area contributed by atoms with Gasteiger partial charge in [-0.25, -0.2) is 9.59 Å². The van der Waals surface area contributed by atoms with E-state index in [0.29, 0.717) is 0 Å². The zero-order chi connectivity index (χ0) is 20.8. The number of rotatable bonds is 8. The van der Waals surface area contributed by atoms with Crippen LogP contribution in [0.25, 0.3) is 11.1 Å². The fraction of sp³-hybridized carbons (Fsp3) is 0.286. The summed E-state index contributed by atoms with van der Waals surface area (Å²) >= 11 is 0. The third kappa shape index (κ3) is 4.72. The fourth-order valence-corrected chi connectivity index (χ4v) is 3.30. The van der Waals surface area contributed by atoms with Gasteiger partial charge in [-0.05, 0) is 22.3 Å². The Kier molecular flexibility index (Phi) is 6.46. The van der Waals surface area contributed by atoms with Crippen LogP contribution in [0.1, 0.15) is 17.0 Å². The minimum atomic E-state index is -1.32. The Morgan fingerprint density at radius 3 is 2.17 bits per heavy atom. The average molecular weight is 398 g/mol. The number of carboxylic acid groups (broad SMARTS) is 1. The number of alkyl carbamates (subject to hydrolysis) is 1. The van der Waals surface area contributed by atoms with E-state index in [1.165, 1.54) is 7.05 Å². The van der Waals surface area contributed by atoms with E-state index in [9.17, 15) is 19.5 Å². The highest BCUT2D eigenvalue weighted by Gasteiger charge is 2.29. The van der Waals surface area contributed by atoms with Crippen molar-refractivity contribution in [2.24, 2.45) is 0 Å². The number of hydrogen-bond acceptors (Lipinski definition) is 5. The van der Waals surface area contributed by atoms with E-state index in [1.807, 2.05) is 48.5 Å². The maximum Gasteiger partial charge on any atom is 0.407 e. The molecule has 0 aromatic heterocycles. The monoisotopic (exact) mass is 398 g/mol. The second-order valence-corrected chi connectivity index (χ2v) is 6.55. The molecular weight excluding hydrogens is 376 g/mol. The molecule has 8 heteroatoms. The lowest BCUT2D eigenvalue weighted by Gasteiger charge is -2.17. The van der Waals surface area contributed by atoms with Gasteiger partial charge in [0.25, 0.3) is 0 Å². The molecule has 2 amide bonds. The second kappa shape index (κ2) is 9.20. The molecule has 3 N–H and O–H groups in total. The molecule has 0 heterocycles. The van der Waals surface area contributed by atoms with Crippen LogP contribution in [0.3, 0.4) is 0 Å². The summed E-state index contributed by atoms with van der Waals surface area (Å²) in [7, 11) is 1.44. The summed E-state index contributed by atoms with van der Waals surface area (Å²) in [4.78, 5) is 34.6. The molecular formula is C21H22N2O6. The van der Waals surface area contributed by atoms with E-state index >= 15 is 0 Å². The third-order valence-electron chi connectivity index (χ3n) is 4.73. The molecule has 0 saturated carbocycles. The lowest BCUT2D eigenvalue weighted by molar-refractivity contribution is -0.142. The van der Waals surface area contributed by atoms with Crippen LogP contribution < -0.4 is 10.6 Å². The molecule has 2 aromatic rings. The van der Waals surface area contributed by atoms with Crippen molar-refractivity contribution in [1.82, 2.24) is 10.6 Å². The smallest absolute Gasteiger partial charge is 0.407 e. The molecule has 0 radical (unpaired) electrons. The molecule has 1 atom stereocenters. The van der Waals surface area contributed by atoms with Crippen molar-refractivity contribution < 1.29 is 29.0 Å². The number of ether oxygens (including phenoxy) is 2. The van der Waals surface area contributed by atoms with Gasteiger partial charge in [0.1, 0.15) is 13.2 Å². The van der Waals surface area contributed by atoms with E-state index in [1.54, 1.807) is 0 Å². The Balaban J connectivity index is 1.60. The summed E-state index contributed by atoms with van der Waals surface area (Å²) in [5.74, 6) is -1.80. The second-order valence-electron chi connectivity index (χ2n) is 6.55. The van der Waals surface area contributed by atoms with Gasteiger partial charge in [0.05, 0.1) is 6.61 Å². The van der Waals surface area contributed by atoms with E-state index in [4.69, 9.17) is 9.47 Å². The molecule has 8 nitrogen and oxygen atoms in total. The summed E-state index contributed by atoms with van der Waals surface area (Å²) in [6.07, 6.45) is -0.859. The van der Waals surface area contributed by atoms with Crippen molar-refractivity contribution in [2.75, 3.05) is 26.9 Å². The standard InChI is InChI=1S/C21H22N2O6/c1-22-19(24)12-28-11-18(20(25)26)23-21(27)29-10-17-15-8-4-2-6-13(15)14-7-3-5-9-16(14)17/h2-9,17-18H,10-12H2,1H3,(H,22,24)(H,23,27)(H,25,26). The Morgan fingerprint density at radius 2 is 1.62 bits per heavy atom. The first-order chi connectivity index (χ1) is 14.0. The van der Waals surface area contributed by atoms with Gasteiger partial charge in [0.2, 0.25) is 5.91 Å². The minimum absolute atomic E-state index is 0.0747. The summed E-state index contributed by atoms with van der Waals surface area (Å²) in [5.41, 5.74) is 4.32. The van der Waals surface area contributed by atoms with Crippen LogP contribution in [0.15, 0.2) is 48.5 Å². The lowest BCUT2D eigenvalue weighted by Crippen LogP contribution is -2.45. The zero-order valence-corrected chi connectivity index (χ0v) is 15.9. The number of nitrogens with one attached hydrogen (secondary N) is 2. The van der Waals surface area contributed by atoms with Crippen LogP contribution >= 0.6 is 0 Å². The largest absolute Gasteiger partial charge is 0.480 e. The van der Waals surface area contributed by atoms with Crippen molar-refractivity contribution in [1.29, 1.82) is 0 Å². The summed E-state index contributed by atoms with van der Waals surface area (Å²) in [5, 5.41) is 13.8. The van der Waals surface area contributed by atoms with Gasteiger partial charge in [0.15, 0.2) is 6.04 Å². The van der Waals surface area contributed by atoms with E-state index < -0.39 is 24.0 Å². The van der Waals surface area contributed by atoms with Gasteiger partial charge >= 0.3 is 12.1 Å². The number of amides is 2. The van der Waals surface area contributed by atoms with Crippen molar-refractivity contribution in [3.8, 4) is 11.1 Å². The predicted molar refractivity (Wildman–Crippen MR) is 105 cm³/mol. The molecule has 0 bridgehead atoms. The van der Waals surface area contributed by atoms with Gasteiger partial charge in [0, 0.05) is 13.0 Å². The molecule has 1 unspecified atom stereocenters. The molecule has 3 rings (SSSR count). The predicted octanol–water partition coefficient (Wildman–Crippen LogP) is 1.74. The Morgan fingerprint density at radius 1 is 1.03 bits per heavy atom. The van der Waals surface area contributed by atoms with E-state index in [-0.39, 0.29) is 25.7 Å². The zero-order valence-electron chi connectivity index (χ0n) is 15.9. The first-order valence-electron chi connectivity index (χ1n) is 9.14. The van der Waals surface area contributed by atoms with Gasteiger partial charge in [-0.2, -0.15) is 0 Å². The highest BCUT2D eigenvalue weighted by Crippen LogP contribution is 2.44. The molecule has 2 aromatic carbocycles. The fourth-order valence-electron chi connectivity index (χ4n) is 3.30. The summed E-state index contributed by atoms with van der Waals surface area (Å²) in [6, 6.07) is 14.5. The molecule has 0 spiro atoms. The quantitative estimate of drug-likeness (QED) is 0.624. The van der Waals surface area contributed by atoms with E-state index in [0.717, 1.165) is 22.3 Å². The number of carbonyl (C=O) groups excluding carboxylic acids is 2. The van der Waals surface area contributed by atoms with Crippen molar-refractivity contribution in [3.63, 3.8) is 0 Å². The summed E-state index contributed by atoms with van der Waals surface area (Å²) in [6.45, 7) is -0.578. The highest BCUT2D eigenvalue weighted by atomic mass is 16.5. The number of carbonyl (C=O) groups is 3. The molecule has 1 aliphatic rings. The third-order valence-corrected chi connectivity index (χ3v) is 4.73. The molecule has 0 saturated heterocycles. The van der Waals surface area contributed by atoms with Crippen LogP contribution in [-0.2, 0) is 19.1 Å². The van der Waals surface area contributed by atoms with Crippen LogP contribution in [-0.4, -0.2) is 56.0 Å². The molecule has 0 fully saturated rings. The number of fused-ring (bicyclic) bond motifs is 3. The topological polar surface area (TPSA) is 114 Å². The van der Waals surface area contributed by atoms with Crippen LogP contribution in [0.5, 0.6) is 0 Å².